The van der Waals surface area contributed by atoms with Crippen LogP contribution in [0.15, 0.2) is 10.4 Å². The van der Waals surface area contributed by atoms with Crippen molar-refractivity contribution in [2.75, 3.05) is 0 Å². The quantitative estimate of drug-likeness (QED) is 0.206. The summed E-state index contributed by atoms with van der Waals surface area (Å²) < 4.78 is 11.4. The lowest BCUT2D eigenvalue weighted by Gasteiger charge is -2.01. The Morgan fingerprint density at radius 3 is 2.08 bits per heavy atom. The highest BCUT2D eigenvalue weighted by molar-refractivity contribution is 8.18. The smallest absolute Gasteiger partial charge is 0.305 e. The molecule has 0 fully saturated rings. The summed E-state index contributed by atoms with van der Waals surface area (Å²) in [4.78, 5) is 21.6. The van der Waals surface area contributed by atoms with Crippen molar-refractivity contribution in [2.45, 2.75) is 0 Å². The number of rotatable bonds is 0. The standard InChI is InChI=1S/C2H4N2S3.H3O4P/c5-2-1-3-4(6)7-2;1-5(2,3)4/h1,3,5-6H;(H3,1,2,3,4). The van der Waals surface area contributed by atoms with Gasteiger partial charge in [-0.3, -0.25) is 0 Å². The van der Waals surface area contributed by atoms with Crippen LogP contribution in [0.2, 0.25) is 0 Å². The lowest BCUT2D eigenvalue weighted by Crippen LogP contribution is -2.10. The maximum absolute atomic E-state index is 8.88. The van der Waals surface area contributed by atoms with Crippen LogP contribution < -0.4 is 5.43 Å². The predicted molar refractivity (Wildman–Crippen MR) is 52.9 cm³/mol. The van der Waals surface area contributed by atoms with E-state index >= 15 is 0 Å². The molecule has 0 aliphatic carbocycles. The minimum Gasteiger partial charge on any atom is -0.305 e. The second kappa shape index (κ2) is 5.40. The zero-order valence-electron chi connectivity index (χ0n) is 5.52. The second-order valence-corrected chi connectivity index (χ2v) is 4.96. The minimum absolute atomic E-state index is 0.926. The third-order valence-electron chi connectivity index (χ3n) is 0.478. The summed E-state index contributed by atoms with van der Waals surface area (Å²) in [5.41, 5.74) is 2.79. The van der Waals surface area contributed by atoms with Gasteiger partial charge >= 0.3 is 7.82 Å². The molecule has 4 N–H and O–H groups in total. The van der Waals surface area contributed by atoms with Gasteiger partial charge in [-0.25, -0.2) is 4.57 Å². The summed E-state index contributed by atoms with van der Waals surface area (Å²) in [6.45, 7) is 0. The maximum atomic E-state index is 8.88. The van der Waals surface area contributed by atoms with Gasteiger partial charge in [0.15, 0.2) is 0 Å². The van der Waals surface area contributed by atoms with Gasteiger partial charge in [-0.1, -0.05) is 12.8 Å². The molecule has 0 aromatic carbocycles. The zero-order chi connectivity index (χ0) is 9.78. The molecule has 12 heavy (non-hydrogen) atoms. The number of thiol groups is 2. The molecule has 0 saturated heterocycles. The zero-order valence-corrected chi connectivity index (χ0v) is 9.02. The monoisotopic (exact) mass is 250 g/mol. The molecule has 0 unspecified atom stereocenters. The van der Waals surface area contributed by atoms with Crippen molar-refractivity contribution in [3.8, 4) is 0 Å². The van der Waals surface area contributed by atoms with Crippen molar-refractivity contribution in [1.82, 2.24) is 9.25 Å². The molecule has 0 bridgehead atoms. The van der Waals surface area contributed by atoms with Crippen LogP contribution >= 0.6 is 45.2 Å². The number of hydrogen-bond acceptors (Lipinski definition) is 6. The Morgan fingerprint density at radius 2 is 2.00 bits per heavy atom. The largest absolute Gasteiger partial charge is 0.466 e. The van der Waals surface area contributed by atoms with Gasteiger partial charge in [0.25, 0.3) is 0 Å². The van der Waals surface area contributed by atoms with E-state index in [2.05, 4.69) is 30.9 Å². The van der Waals surface area contributed by atoms with Gasteiger partial charge in [0.1, 0.15) is 0 Å². The predicted octanol–water partition coefficient (Wildman–Crippen LogP) is 0.0997. The van der Waals surface area contributed by atoms with Gasteiger partial charge in [-0.15, -0.1) is 16.4 Å². The Bertz CT molecular complexity index is 208. The molecular weight excluding hydrogens is 243 g/mol. The lowest BCUT2D eigenvalue weighted by atomic mass is 11.1. The van der Waals surface area contributed by atoms with E-state index in [1.165, 1.54) is 11.9 Å². The first-order valence-electron chi connectivity index (χ1n) is 2.39. The number of phosphoric acid groups is 1. The number of nitrogens with zero attached hydrogens (tertiary/aromatic N) is 1. The Hall–Kier alpha value is 0.660. The summed E-state index contributed by atoms with van der Waals surface area (Å²) >= 11 is 9.39. The fraction of sp³-hybridized carbons (Fsp3) is 0. The number of hydrogen-bond donors (Lipinski definition) is 6. The average Bonchev–Trinajstić information content (AvgIpc) is 2.09. The van der Waals surface area contributed by atoms with Gasteiger partial charge < -0.3 is 20.1 Å². The molecule has 10 heteroatoms. The molecule has 1 rings (SSSR count). The normalized spacial score (nSPS) is 17.6. The van der Waals surface area contributed by atoms with Crippen molar-refractivity contribution < 1.29 is 19.2 Å². The SMILES string of the molecule is O=P(O)(O)O.SC1=CNN(S)S1. The number of nitrogens with one attached hydrogen (secondary N) is 1. The fourth-order valence-corrected chi connectivity index (χ4v) is 1.46. The molecule has 0 aromatic heterocycles. The van der Waals surface area contributed by atoms with Crippen LogP contribution in [0.5, 0.6) is 0 Å². The summed E-state index contributed by atoms with van der Waals surface area (Å²) in [7, 11) is -4.64. The molecule has 0 amide bonds. The summed E-state index contributed by atoms with van der Waals surface area (Å²) in [5, 5.41) is 0. The molecule has 0 atom stereocenters. The number of hydrazine groups is 1. The first kappa shape index (κ1) is 12.7. The Kier molecular flexibility index (Phi) is 5.70. The van der Waals surface area contributed by atoms with E-state index < -0.39 is 7.82 Å². The van der Waals surface area contributed by atoms with Gasteiger partial charge in [0.05, 0.1) is 4.24 Å². The van der Waals surface area contributed by atoms with Gasteiger partial charge in [-0.2, -0.15) is 0 Å². The first-order valence-corrected chi connectivity index (χ1v) is 5.58. The highest BCUT2D eigenvalue weighted by atomic mass is 32.2. The molecule has 1 aliphatic rings. The van der Waals surface area contributed by atoms with E-state index in [9.17, 15) is 0 Å². The molecule has 0 saturated carbocycles. The molecule has 1 heterocycles. The van der Waals surface area contributed by atoms with Crippen LogP contribution in [0.1, 0.15) is 0 Å². The van der Waals surface area contributed by atoms with E-state index in [1.807, 2.05) is 0 Å². The first-order chi connectivity index (χ1) is 5.29. The van der Waals surface area contributed by atoms with E-state index in [-0.39, 0.29) is 0 Å². The van der Waals surface area contributed by atoms with Gasteiger partial charge in [0, 0.05) is 6.20 Å². The molecule has 6 nitrogen and oxygen atoms in total. The second-order valence-electron chi connectivity index (χ2n) is 1.49. The fourth-order valence-electron chi connectivity index (χ4n) is 0.252. The van der Waals surface area contributed by atoms with Crippen LogP contribution in [0.25, 0.3) is 0 Å². The molecule has 0 spiro atoms. The molecule has 0 aromatic rings. The Labute approximate surface area is 84.3 Å². The van der Waals surface area contributed by atoms with Crippen LogP contribution in [-0.2, 0) is 4.57 Å². The van der Waals surface area contributed by atoms with Crippen molar-refractivity contribution in [3.63, 3.8) is 0 Å². The average molecular weight is 250 g/mol. The third kappa shape index (κ3) is 10.7. The van der Waals surface area contributed by atoms with Crippen LogP contribution in [0.4, 0.5) is 0 Å². The molecule has 0 radical (unpaired) electrons. The van der Waals surface area contributed by atoms with Crippen LogP contribution in [-0.4, -0.2) is 18.5 Å². The molecule has 72 valence electrons. The Balaban J connectivity index is 0.000000217. The van der Waals surface area contributed by atoms with Crippen molar-refractivity contribution in [3.05, 3.63) is 10.4 Å². The van der Waals surface area contributed by atoms with Crippen molar-refractivity contribution in [2.24, 2.45) is 0 Å². The summed E-state index contributed by atoms with van der Waals surface area (Å²) in [6, 6.07) is 0. The van der Waals surface area contributed by atoms with E-state index in [4.69, 9.17) is 19.2 Å². The third-order valence-corrected chi connectivity index (χ3v) is 1.80. The summed E-state index contributed by atoms with van der Waals surface area (Å²) in [6.07, 6.45) is 1.76. The van der Waals surface area contributed by atoms with E-state index in [0.29, 0.717) is 0 Å². The van der Waals surface area contributed by atoms with Gasteiger partial charge in [0.2, 0.25) is 0 Å². The Morgan fingerprint density at radius 1 is 1.58 bits per heavy atom. The van der Waals surface area contributed by atoms with E-state index in [1.54, 1.807) is 10.0 Å². The van der Waals surface area contributed by atoms with Crippen molar-refractivity contribution >= 4 is 45.2 Å². The molecular formula is C2H7N2O4PS3. The minimum atomic E-state index is -4.64. The van der Waals surface area contributed by atoms with Crippen LogP contribution in [0, 0.1) is 0 Å². The highest BCUT2D eigenvalue weighted by Crippen LogP contribution is 2.27. The maximum Gasteiger partial charge on any atom is 0.466 e. The van der Waals surface area contributed by atoms with Crippen molar-refractivity contribution in [1.29, 1.82) is 0 Å². The van der Waals surface area contributed by atoms with Crippen LogP contribution in [0.3, 0.4) is 0 Å². The molecule has 1 aliphatic heterocycles. The summed E-state index contributed by atoms with van der Waals surface area (Å²) in [5.74, 6) is 0. The van der Waals surface area contributed by atoms with E-state index in [0.717, 1.165) is 4.24 Å². The topological polar surface area (TPSA) is 93.0 Å². The highest BCUT2D eigenvalue weighted by Gasteiger charge is 2.05. The van der Waals surface area contributed by atoms with Gasteiger partial charge in [-0.05, 0) is 11.9 Å². The lowest BCUT2D eigenvalue weighted by molar-refractivity contribution is 0.275.